The predicted molar refractivity (Wildman–Crippen MR) is 110 cm³/mol. The lowest BCUT2D eigenvalue weighted by molar-refractivity contribution is -0.146. The highest BCUT2D eigenvalue weighted by atomic mass is 32.2. The van der Waals surface area contributed by atoms with E-state index in [0.29, 0.717) is 23.7 Å². The molecule has 1 fully saturated rings. The molecule has 0 spiro atoms. The van der Waals surface area contributed by atoms with Crippen molar-refractivity contribution in [3.05, 3.63) is 40.9 Å². The van der Waals surface area contributed by atoms with Crippen LogP contribution < -0.4 is 4.74 Å². The molecule has 2 rings (SSSR count). The molecule has 1 aromatic rings. The molecular formula is C21H27NO6S. The Morgan fingerprint density at radius 2 is 1.90 bits per heavy atom. The highest BCUT2D eigenvalue weighted by Crippen LogP contribution is 2.29. The van der Waals surface area contributed by atoms with Crippen LogP contribution in [0, 0.1) is 0 Å². The topological polar surface area (TPSA) is 82.1 Å². The number of amides is 1. The smallest absolute Gasteiger partial charge is 0.344 e. The molecular weight excluding hydrogens is 394 g/mol. The van der Waals surface area contributed by atoms with Gasteiger partial charge in [-0.3, -0.25) is 4.79 Å². The number of carbonyl (C=O) groups excluding carboxylic acids is 3. The molecule has 1 aromatic carbocycles. The number of hydrogen-bond donors (Lipinski definition) is 0. The van der Waals surface area contributed by atoms with Crippen molar-refractivity contribution in [1.82, 2.24) is 4.90 Å². The first-order valence-electron chi connectivity index (χ1n) is 9.32. The molecule has 0 aromatic heterocycles. The Kier molecular flexibility index (Phi) is 8.13. The first-order chi connectivity index (χ1) is 13.7. The molecule has 0 bridgehead atoms. The maximum atomic E-state index is 11.9. The van der Waals surface area contributed by atoms with Gasteiger partial charge in [-0.1, -0.05) is 44.7 Å². The summed E-state index contributed by atoms with van der Waals surface area (Å²) in [6.45, 7) is 6.72. The summed E-state index contributed by atoms with van der Waals surface area (Å²) in [4.78, 5) is 36.6. The van der Waals surface area contributed by atoms with Gasteiger partial charge in [0.1, 0.15) is 5.75 Å². The van der Waals surface area contributed by atoms with Gasteiger partial charge in [-0.2, -0.15) is 0 Å². The zero-order chi connectivity index (χ0) is 21.4. The van der Waals surface area contributed by atoms with E-state index in [1.165, 1.54) is 35.4 Å². The molecule has 0 aliphatic carbocycles. The number of nitrogens with zero attached hydrogens (tertiary/aromatic N) is 1. The Bertz CT molecular complexity index is 766. The van der Waals surface area contributed by atoms with Gasteiger partial charge in [-0.15, -0.1) is 0 Å². The Labute approximate surface area is 175 Å². The summed E-state index contributed by atoms with van der Waals surface area (Å²) in [5.41, 5.74) is 1.24. The Morgan fingerprint density at radius 1 is 1.21 bits per heavy atom. The molecule has 1 heterocycles. The van der Waals surface area contributed by atoms with Crippen LogP contribution in [0.2, 0.25) is 0 Å². The van der Waals surface area contributed by atoms with Gasteiger partial charge in [-0.25, -0.2) is 9.59 Å². The summed E-state index contributed by atoms with van der Waals surface area (Å²) in [6.07, 6.45) is 1.75. The van der Waals surface area contributed by atoms with Crippen LogP contribution in [0.4, 0.5) is 0 Å². The molecule has 1 amide bonds. The van der Waals surface area contributed by atoms with Crippen LogP contribution in [0.15, 0.2) is 35.4 Å². The molecule has 0 atom stereocenters. The van der Waals surface area contributed by atoms with Gasteiger partial charge in [0.15, 0.2) is 6.61 Å². The molecule has 0 radical (unpaired) electrons. The molecule has 0 N–H and O–H groups in total. The molecule has 0 unspecified atom stereocenters. The second kappa shape index (κ2) is 10.3. The normalized spacial score (nSPS) is 15.5. The van der Waals surface area contributed by atoms with Crippen LogP contribution in [-0.4, -0.2) is 55.4 Å². The number of benzene rings is 1. The van der Waals surface area contributed by atoms with E-state index in [4.69, 9.17) is 9.47 Å². The van der Waals surface area contributed by atoms with E-state index < -0.39 is 11.9 Å². The molecule has 8 heteroatoms. The van der Waals surface area contributed by atoms with Crippen molar-refractivity contribution in [3.63, 3.8) is 0 Å². The van der Waals surface area contributed by atoms with E-state index in [1.54, 1.807) is 0 Å². The second-order valence-electron chi connectivity index (χ2n) is 7.48. The fourth-order valence-electron chi connectivity index (χ4n) is 2.57. The van der Waals surface area contributed by atoms with Gasteiger partial charge in [0.05, 0.1) is 30.6 Å². The van der Waals surface area contributed by atoms with Crippen molar-refractivity contribution in [2.45, 2.75) is 32.6 Å². The van der Waals surface area contributed by atoms with Crippen LogP contribution in [-0.2, 0) is 29.3 Å². The summed E-state index contributed by atoms with van der Waals surface area (Å²) in [5, 5.41) is 0.551. The average Bonchev–Trinajstić information content (AvgIpc) is 3.02. The third-order valence-electron chi connectivity index (χ3n) is 4.22. The van der Waals surface area contributed by atoms with Crippen molar-refractivity contribution in [3.8, 4) is 5.75 Å². The average molecular weight is 422 g/mol. The first kappa shape index (κ1) is 22.8. The molecule has 1 saturated heterocycles. The van der Waals surface area contributed by atoms with Crippen molar-refractivity contribution >= 4 is 29.6 Å². The van der Waals surface area contributed by atoms with Crippen LogP contribution in [0.25, 0.3) is 0 Å². The van der Waals surface area contributed by atoms with Crippen LogP contribution in [0.1, 0.15) is 32.8 Å². The van der Waals surface area contributed by atoms with Crippen LogP contribution >= 0.6 is 11.8 Å². The zero-order valence-electron chi connectivity index (χ0n) is 17.2. The molecule has 1 aliphatic rings. The SMILES string of the molecule is COC(=O)/C=C1/SCC(=O)N1CCCOC(=O)COc1ccc(C(C)(C)C)cc1. The summed E-state index contributed by atoms with van der Waals surface area (Å²) >= 11 is 1.28. The number of hydrogen-bond acceptors (Lipinski definition) is 7. The molecule has 158 valence electrons. The number of thioether (sulfide) groups is 1. The summed E-state index contributed by atoms with van der Waals surface area (Å²) in [5.74, 6) is -0.181. The standard InChI is InChI=1S/C21H27NO6S/c1-21(2,3)15-6-8-16(9-7-15)28-13-20(25)27-11-5-10-22-17(23)14-29-18(22)12-19(24)26-4/h6-9,12H,5,10-11,13-14H2,1-4H3/b18-12+. The molecule has 29 heavy (non-hydrogen) atoms. The van der Waals surface area contributed by atoms with Crippen molar-refractivity contribution in [2.24, 2.45) is 0 Å². The third kappa shape index (κ3) is 7.12. The lowest BCUT2D eigenvalue weighted by atomic mass is 9.87. The van der Waals surface area contributed by atoms with Gasteiger partial charge < -0.3 is 19.1 Å². The lowest BCUT2D eigenvalue weighted by Crippen LogP contribution is -2.27. The fourth-order valence-corrected chi connectivity index (χ4v) is 3.53. The maximum Gasteiger partial charge on any atom is 0.344 e. The Morgan fingerprint density at radius 3 is 2.52 bits per heavy atom. The summed E-state index contributed by atoms with van der Waals surface area (Å²) in [6, 6.07) is 7.62. The largest absolute Gasteiger partial charge is 0.482 e. The molecule has 7 nitrogen and oxygen atoms in total. The predicted octanol–water partition coefficient (Wildman–Crippen LogP) is 2.89. The Hall–Kier alpha value is -2.48. The van der Waals surface area contributed by atoms with E-state index in [1.807, 2.05) is 24.3 Å². The molecule has 1 aliphatic heterocycles. The first-order valence-corrected chi connectivity index (χ1v) is 10.3. The minimum Gasteiger partial charge on any atom is -0.482 e. The number of carbonyl (C=O) groups is 3. The van der Waals surface area contributed by atoms with Gasteiger partial charge in [-0.05, 0) is 29.5 Å². The van der Waals surface area contributed by atoms with Gasteiger partial charge >= 0.3 is 11.9 Å². The quantitative estimate of drug-likeness (QED) is 0.363. The number of methoxy groups -OCH3 is 1. The fraction of sp³-hybridized carbons (Fsp3) is 0.476. The van der Waals surface area contributed by atoms with Gasteiger partial charge in [0, 0.05) is 6.54 Å². The molecule has 0 saturated carbocycles. The monoisotopic (exact) mass is 421 g/mol. The van der Waals surface area contributed by atoms with Crippen molar-refractivity contribution in [1.29, 1.82) is 0 Å². The van der Waals surface area contributed by atoms with Gasteiger partial charge in [0.25, 0.3) is 0 Å². The van der Waals surface area contributed by atoms with E-state index in [9.17, 15) is 14.4 Å². The Balaban J connectivity index is 1.71. The number of esters is 2. The zero-order valence-corrected chi connectivity index (χ0v) is 18.0. The number of ether oxygens (including phenoxy) is 3. The summed E-state index contributed by atoms with van der Waals surface area (Å²) < 4.78 is 15.2. The van der Waals surface area contributed by atoms with Gasteiger partial charge in [0.2, 0.25) is 5.91 Å². The van der Waals surface area contributed by atoms with E-state index >= 15 is 0 Å². The van der Waals surface area contributed by atoms with E-state index in [2.05, 4.69) is 25.5 Å². The van der Waals surface area contributed by atoms with E-state index in [0.717, 1.165) is 0 Å². The van der Waals surface area contributed by atoms with E-state index in [-0.39, 0.29) is 30.3 Å². The van der Waals surface area contributed by atoms with Crippen LogP contribution in [0.5, 0.6) is 5.75 Å². The van der Waals surface area contributed by atoms with Crippen molar-refractivity contribution in [2.75, 3.05) is 32.6 Å². The minimum absolute atomic E-state index is 0.0542. The van der Waals surface area contributed by atoms with Crippen LogP contribution in [0.3, 0.4) is 0 Å². The third-order valence-corrected chi connectivity index (χ3v) is 5.24. The minimum atomic E-state index is -0.508. The second-order valence-corrected chi connectivity index (χ2v) is 8.47. The summed E-state index contributed by atoms with van der Waals surface area (Å²) in [7, 11) is 1.28. The highest BCUT2D eigenvalue weighted by Gasteiger charge is 2.27. The number of rotatable bonds is 8. The maximum absolute atomic E-state index is 11.9. The van der Waals surface area contributed by atoms with Crippen molar-refractivity contribution < 1.29 is 28.6 Å². The lowest BCUT2D eigenvalue weighted by Gasteiger charge is -2.19. The highest BCUT2D eigenvalue weighted by molar-refractivity contribution is 8.04.